The molecule has 2 aliphatic rings. The zero-order chi connectivity index (χ0) is 21.0. The van der Waals surface area contributed by atoms with Gasteiger partial charge in [-0.1, -0.05) is 13.2 Å². The summed E-state index contributed by atoms with van der Waals surface area (Å²) in [6.07, 6.45) is 2.37. The minimum absolute atomic E-state index is 0.248. The molecule has 0 aromatic carbocycles. The van der Waals surface area contributed by atoms with E-state index >= 15 is 0 Å². The van der Waals surface area contributed by atoms with Crippen molar-refractivity contribution < 1.29 is 19.1 Å². The lowest BCUT2D eigenvalue weighted by atomic mass is 10.2. The third-order valence-corrected chi connectivity index (χ3v) is 10.8. The summed E-state index contributed by atoms with van der Waals surface area (Å²) in [6, 6.07) is 0. The second-order valence-electron chi connectivity index (χ2n) is 6.00. The van der Waals surface area contributed by atoms with Gasteiger partial charge in [-0.25, -0.2) is 9.59 Å². The first-order valence-electron chi connectivity index (χ1n) is 8.63. The summed E-state index contributed by atoms with van der Waals surface area (Å²) < 4.78 is 10.9. The number of thioether (sulfide) groups is 4. The van der Waals surface area contributed by atoms with Gasteiger partial charge in [0.2, 0.25) is 0 Å². The number of rotatable bonds is 8. The van der Waals surface area contributed by atoms with Crippen LogP contribution in [0.25, 0.3) is 0 Å². The zero-order valence-corrected chi connectivity index (χ0v) is 20.0. The maximum atomic E-state index is 11.4. The summed E-state index contributed by atoms with van der Waals surface area (Å²) in [6.45, 7) is 11.6. The molecule has 0 fully saturated rings. The molecule has 0 saturated carbocycles. The first kappa shape index (κ1) is 22.7. The molecular weight excluding hydrogens is 465 g/mol. The van der Waals surface area contributed by atoms with Crippen LogP contribution < -0.4 is 0 Å². The van der Waals surface area contributed by atoms with Crippen molar-refractivity contribution in [2.24, 2.45) is 0 Å². The molecule has 29 heavy (non-hydrogen) atoms. The average Bonchev–Trinajstić information content (AvgIpc) is 3.42. The van der Waals surface area contributed by atoms with Crippen LogP contribution in [0.3, 0.4) is 0 Å². The number of allylic oxidation sites excluding steroid dienone is 2. The van der Waals surface area contributed by atoms with Crippen LogP contribution in [0, 0.1) is 0 Å². The molecule has 2 aliphatic heterocycles. The molecule has 0 spiro atoms. The van der Waals surface area contributed by atoms with Crippen molar-refractivity contribution >= 4 is 70.3 Å². The van der Waals surface area contributed by atoms with Gasteiger partial charge in [0.1, 0.15) is 13.2 Å². The number of hydrogen-bond donors (Lipinski definition) is 0. The van der Waals surface area contributed by atoms with Crippen LogP contribution in [0.15, 0.2) is 55.7 Å². The minimum atomic E-state index is -0.402. The van der Waals surface area contributed by atoms with Crippen LogP contribution in [0.1, 0.15) is 34.1 Å². The number of ether oxygens (including phenoxy) is 2. The Morgan fingerprint density at radius 2 is 1.28 bits per heavy atom. The van der Waals surface area contributed by atoms with E-state index in [2.05, 4.69) is 37.8 Å². The fourth-order valence-electron chi connectivity index (χ4n) is 2.54. The Morgan fingerprint density at radius 1 is 0.862 bits per heavy atom. The Labute approximate surface area is 191 Å². The molecular formula is C20H20O4S5. The third-order valence-electron chi connectivity index (χ3n) is 4.11. The lowest BCUT2D eigenvalue weighted by molar-refractivity contribution is -0.137. The van der Waals surface area contributed by atoms with Gasteiger partial charge in [-0.3, -0.25) is 0 Å². The van der Waals surface area contributed by atoms with E-state index in [4.69, 9.17) is 9.47 Å². The quantitative estimate of drug-likeness (QED) is 0.301. The van der Waals surface area contributed by atoms with Crippen molar-refractivity contribution in [2.75, 3.05) is 13.2 Å². The van der Waals surface area contributed by atoms with E-state index < -0.39 is 11.9 Å². The molecule has 1 aromatic rings. The summed E-state index contributed by atoms with van der Waals surface area (Å²) in [5, 5.41) is 4.41. The van der Waals surface area contributed by atoms with Crippen LogP contribution in [-0.4, -0.2) is 25.2 Å². The predicted molar refractivity (Wildman–Crippen MR) is 128 cm³/mol. The molecule has 3 rings (SSSR count). The van der Waals surface area contributed by atoms with Crippen LogP contribution in [0.4, 0.5) is 0 Å². The van der Waals surface area contributed by atoms with Gasteiger partial charge in [-0.2, -0.15) is 11.3 Å². The summed E-state index contributed by atoms with van der Waals surface area (Å²) in [7, 11) is 0. The van der Waals surface area contributed by atoms with Crippen molar-refractivity contribution in [1.29, 1.82) is 0 Å². The van der Waals surface area contributed by atoms with E-state index in [9.17, 15) is 9.59 Å². The van der Waals surface area contributed by atoms with Gasteiger partial charge in [0.05, 0.1) is 9.16 Å². The summed E-state index contributed by atoms with van der Waals surface area (Å²) in [5.41, 5.74) is 2.60. The molecule has 1 aromatic heterocycles. The van der Waals surface area contributed by atoms with Crippen LogP contribution >= 0.6 is 58.4 Å². The van der Waals surface area contributed by atoms with Gasteiger partial charge in [0.25, 0.3) is 0 Å². The molecule has 0 bridgehead atoms. The molecule has 0 aliphatic carbocycles. The highest BCUT2D eigenvalue weighted by Gasteiger charge is 2.33. The van der Waals surface area contributed by atoms with Crippen LogP contribution in [0.5, 0.6) is 0 Å². The smallest absolute Gasteiger partial charge is 0.330 e. The molecule has 9 heteroatoms. The second-order valence-corrected chi connectivity index (χ2v) is 12.4. The van der Waals surface area contributed by atoms with E-state index in [1.165, 1.54) is 33.1 Å². The Balaban J connectivity index is 1.64. The van der Waals surface area contributed by atoms with Crippen molar-refractivity contribution in [1.82, 2.24) is 0 Å². The lowest BCUT2D eigenvalue weighted by Crippen LogP contribution is -2.03. The molecule has 0 saturated heterocycles. The largest absolute Gasteiger partial charge is 0.457 e. The average molecular weight is 485 g/mol. The van der Waals surface area contributed by atoms with Crippen LogP contribution in [0.2, 0.25) is 0 Å². The lowest BCUT2D eigenvalue weighted by Gasteiger charge is -2.15. The Hall–Kier alpha value is -1.00. The number of esters is 2. The van der Waals surface area contributed by atoms with E-state index in [-0.39, 0.29) is 22.4 Å². The summed E-state index contributed by atoms with van der Waals surface area (Å²) >= 11 is 8.80. The van der Waals surface area contributed by atoms with Gasteiger partial charge in [-0.05, 0) is 45.5 Å². The molecule has 0 amide bonds. The molecule has 0 N–H and O–H groups in total. The third kappa shape index (κ3) is 5.58. The zero-order valence-electron chi connectivity index (χ0n) is 16.0. The first-order chi connectivity index (χ1) is 13.9. The van der Waals surface area contributed by atoms with Gasteiger partial charge in [0, 0.05) is 22.0 Å². The van der Waals surface area contributed by atoms with E-state index in [0.29, 0.717) is 0 Å². The molecule has 0 radical (unpaired) electrons. The van der Waals surface area contributed by atoms with E-state index in [1.807, 2.05) is 0 Å². The Bertz CT molecular complexity index is 828. The topological polar surface area (TPSA) is 52.6 Å². The number of carbonyl (C=O) groups excluding carboxylic acids is 2. The maximum Gasteiger partial charge on any atom is 0.330 e. The fraction of sp³-hybridized carbons (Fsp3) is 0.300. The molecule has 4 nitrogen and oxygen atoms in total. The standard InChI is InChI=1S/C20H20O4S5/c1-5-17(21)23-7-15-11(3)26-19(28-15)13-9-25-10-14(13)20-27-12(4)16(29-20)8-24-18(22)6-2/h5-6,9-10,19-20H,1-2,7-8H2,3-4H3. The van der Waals surface area contributed by atoms with Gasteiger partial charge >= 0.3 is 11.9 Å². The Morgan fingerprint density at radius 3 is 1.66 bits per heavy atom. The first-order valence-corrected chi connectivity index (χ1v) is 13.1. The second kappa shape index (κ2) is 10.3. The normalized spacial score (nSPS) is 21.4. The van der Waals surface area contributed by atoms with Crippen molar-refractivity contribution in [3.05, 3.63) is 66.8 Å². The number of carbonyl (C=O) groups is 2. The highest BCUT2D eigenvalue weighted by Crippen LogP contribution is 2.61. The minimum Gasteiger partial charge on any atom is -0.457 e. The van der Waals surface area contributed by atoms with Gasteiger partial charge in [0.15, 0.2) is 0 Å². The Kier molecular flexibility index (Phi) is 8.09. The van der Waals surface area contributed by atoms with E-state index in [0.717, 1.165) is 9.81 Å². The highest BCUT2D eigenvalue weighted by atomic mass is 32.2. The van der Waals surface area contributed by atoms with Gasteiger partial charge < -0.3 is 9.47 Å². The van der Waals surface area contributed by atoms with Crippen LogP contribution in [-0.2, 0) is 19.1 Å². The summed E-state index contributed by atoms with van der Waals surface area (Å²) in [4.78, 5) is 27.3. The van der Waals surface area contributed by atoms with Crippen molar-refractivity contribution in [3.63, 3.8) is 0 Å². The van der Waals surface area contributed by atoms with E-state index in [1.54, 1.807) is 58.4 Å². The molecule has 3 heterocycles. The van der Waals surface area contributed by atoms with Crippen molar-refractivity contribution in [3.8, 4) is 0 Å². The molecule has 2 atom stereocenters. The molecule has 154 valence electrons. The number of thiophene rings is 1. The summed E-state index contributed by atoms with van der Waals surface area (Å²) in [5.74, 6) is -0.805. The maximum absolute atomic E-state index is 11.4. The van der Waals surface area contributed by atoms with Crippen molar-refractivity contribution in [2.45, 2.75) is 23.0 Å². The predicted octanol–water partition coefficient (Wildman–Crippen LogP) is 6.63. The highest BCUT2D eigenvalue weighted by molar-refractivity contribution is 8.23. The van der Waals surface area contributed by atoms with Gasteiger partial charge in [-0.15, -0.1) is 47.0 Å². The molecule has 2 unspecified atom stereocenters. The fourth-order valence-corrected chi connectivity index (χ4v) is 9.77. The number of hydrogen-bond acceptors (Lipinski definition) is 9. The SMILES string of the molecule is C=CC(=O)OCC1=C(C)SC(c2cscc2C2SC(C)=C(COC(=O)C=C)S2)S1. The monoisotopic (exact) mass is 484 g/mol.